The highest BCUT2D eigenvalue weighted by Crippen LogP contribution is 2.25. The van der Waals surface area contributed by atoms with Crippen molar-refractivity contribution < 1.29 is 4.42 Å². The predicted molar refractivity (Wildman–Crippen MR) is 61.3 cm³/mol. The van der Waals surface area contributed by atoms with Crippen LogP contribution < -0.4 is 4.90 Å². The zero-order valence-corrected chi connectivity index (χ0v) is 9.83. The summed E-state index contributed by atoms with van der Waals surface area (Å²) < 4.78 is 5.46. The van der Waals surface area contributed by atoms with Gasteiger partial charge in [-0.2, -0.15) is 4.98 Å². The fourth-order valence-corrected chi connectivity index (χ4v) is 2.29. The Bertz CT molecular complexity index is 313. The van der Waals surface area contributed by atoms with Crippen molar-refractivity contribution in [3.05, 3.63) is 12.0 Å². The zero-order chi connectivity index (χ0) is 10.7. The normalized spacial score (nSPS) is 22.0. The van der Waals surface area contributed by atoms with E-state index in [-0.39, 0.29) is 0 Å². The maximum Gasteiger partial charge on any atom is 0.297 e. The van der Waals surface area contributed by atoms with Gasteiger partial charge in [0.2, 0.25) is 0 Å². The molecule has 1 unspecified atom stereocenters. The SMILES string of the molecule is CCC1CCCCN1c1nc(CCl)co1. The molecule has 0 saturated carbocycles. The predicted octanol–water partition coefficient (Wildman–Crippen LogP) is 3.18. The molecule has 0 spiro atoms. The summed E-state index contributed by atoms with van der Waals surface area (Å²) in [5.74, 6) is 0.425. The van der Waals surface area contributed by atoms with E-state index in [0.717, 1.165) is 24.7 Å². The van der Waals surface area contributed by atoms with Crippen LogP contribution in [0.2, 0.25) is 0 Å². The van der Waals surface area contributed by atoms with Gasteiger partial charge in [-0.1, -0.05) is 6.92 Å². The van der Waals surface area contributed by atoms with Crippen LogP contribution >= 0.6 is 11.6 Å². The average Bonchev–Trinajstić information content (AvgIpc) is 2.77. The molecule has 1 aromatic heterocycles. The van der Waals surface area contributed by atoms with Gasteiger partial charge in [0.25, 0.3) is 6.01 Å². The van der Waals surface area contributed by atoms with Gasteiger partial charge in [-0.25, -0.2) is 0 Å². The lowest BCUT2D eigenvalue weighted by Crippen LogP contribution is -2.39. The number of hydrogen-bond donors (Lipinski definition) is 0. The summed E-state index contributed by atoms with van der Waals surface area (Å²) >= 11 is 5.71. The van der Waals surface area contributed by atoms with E-state index in [0.29, 0.717) is 11.9 Å². The van der Waals surface area contributed by atoms with Crippen molar-refractivity contribution in [2.45, 2.75) is 44.5 Å². The van der Waals surface area contributed by atoms with Gasteiger partial charge < -0.3 is 9.32 Å². The number of aromatic nitrogens is 1. The van der Waals surface area contributed by atoms with E-state index in [2.05, 4.69) is 16.8 Å². The van der Waals surface area contributed by atoms with E-state index in [1.54, 1.807) is 6.26 Å². The zero-order valence-electron chi connectivity index (χ0n) is 9.08. The molecular weight excluding hydrogens is 212 g/mol. The Balaban J connectivity index is 2.12. The molecule has 15 heavy (non-hydrogen) atoms. The Morgan fingerprint density at radius 3 is 3.13 bits per heavy atom. The van der Waals surface area contributed by atoms with E-state index >= 15 is 0 Å². The number of piperidine rings is 1. The molecule has 0 aliphatic carbocycles. The summed E-state index contributed by atoms with van der Waals surface area (Å²) in [6.07, 6.45) is 6.60. The fourth-order valence-electron chi connectivity index (χ4n) is 2.17. The number of nitrogens with zero attached hydrogens (tertiary/aromatic N) is 2. The van der Waals surface area contributed by atoms with Crippen molar-refractivity contribution in [1.29, 1.82) is 0 Å². The monoisotopic (exact) mass is 228 g/mol. The summed E-state index contributed by atoms with van der Waals surface area (Å²) in [5, 5.41) is 0. The molecular formula is C11H17ClN2O. The highest BCUT2D eigenvalue weighted by molar-refractivity contribution is 6.16. The van der Waals surface area contributed by atoms with Crippen molar-refractivity contribution in [2.24, 2.45) is 0 Å². The fraction of sp³-hybridized carbons (Fsp3) is 0.727. The van der Waals surface area contributed by atoms with Crippen LogP contribution in [-0.4, -0.2) is 17.6 Å². The standard InChI is InChI=1S/C11H17ClN2O/c1-2-10-5-3-4-6-14(10)11-13-9(7-12)8-15-11/h8,10H,2-7H2,1H3. The molecule has 2 heterocycles. The average molecular weight is 229 g/mol. The molecule has 84 valence electrons. The lowest BCUT2D eigenvalue weighted by molar-refractivity contribution is 0.410. The van der Waals surface area contributed by atoms with E-state index in [4.69, 9.17) is 16.0 Å². The number of hydrogen-bond acceptors (Lipinski definition) is 3. The molecule has 1 aliphatic heterocycles. The highest BCUT2D eigenvalue weighted by Gasteiger charge is 2.24. The van der Waals surface area contributed by atoms with Crippen LogP contribution in [0.3, 0.4) is 0 Å². The summed E-state index contributed by atoms with van der Waals surface area (Å²) in [6.45, 7) is 3.27. The lowest BCUT2D eigenvalue weighted by Gasteiger charge is -2.33. The summed E-state index contributed by atoms with van der Waals surface area (Å²) in [5.41, 5.74) is 0.826. The van der Waals surface area contributed by atoms with E-state index in [1.807, 2.05) is 0 Å². The molecule has 1 aliphatic rings. The summed E-state index contributed by atoms with van der Waals surface area (Å²) in [6, 6.07) is 1.33. The van der Waals surface area contributed by atoms with Crippen molar-refractivity contribution in [3.8, 4) is 0 Å². The third kappa shape index (κ3) is 2.28. The van der Waals surface area contributed by atoms with Gasteiger partial charge >= 0.3 is 0 Å². The first-order valence-corrected chi connectivity index (χ1v) is 6.15. The molecule has 1 atom stereocenters. The van der Waals surface area contributed by atoms with Crippen LogP contribution in [-0.2, 0) is 5.88 Å². The number of oxazole rings is 1. The minimum Gasteiger partial charge on any atom is -0.432 e. The molecule has 1 fully saturated rings. The van der Waals surface area contributed by atoms with Crippen LogP contribution in [0.15, 0.2) is 10.7 Å². The van der Waals surface area contributed by atoms with E-state index in [1.165, 1.54) is 19.3 Å². The van der Waals surface area contributed by atoms with Crippen LogP contribution in [0.5, 0.6) is 0 Å². The highest BCUT2D eigenvalue weighted by atomic mass is 35.5. The lowest BCUT2D eigenvalue weighted by atomic mass is 10.0. The van der Waals surface area contributed by atoms with E-state index in [9.17, 15) is 0 Å². The first kappa shape index (κ1) is 10.8. The first-order chi connectivity index (χ1) is 7.35. The van der Waals surface area contributed by atoms with Gasteiger partial charge in [0.15, 0.2) is 0 Å². The van der Waals surface area contributed by atoms with Crippen molar-refractivity contribution in [1.82, 2.24) is 4.98 Å². The second kappa shape index (κ2) is 4.88. The van der Waals surface area contributed by atoms with Gasteiger partial charge in [-0.3, -0.25) is 0 Å². The quantitative estimate of drug-likeness (QED) is 0.745. The minimum absolute atomic E-state index is 0.425. The van der Waals surface area contributed by atoms with Gasteiger partial charge in [0, 0.05) is 12.6 Å². The maximum atomic E-state index is 5.71. The second-order valence-electron chi connectivity index (χ2n) is 4.01. The van der Waals surface area contributed by atoms with Crippen molar-refractivity contribution in [3.63, 3.8) is 0 Å². The minimum atomic E-state index is 0.425. The Kier molecular flexibility index (Phi) is 3.52. The molecule has 1 aromatic rings. The molecule has 0 amide bonds. The molecule has 0 radical (unpaired) electrons. The summed E-state index contributed by atoms with van der Waals surface area (Å²) in [7, 11) is 0. The van der Waals surface area contributed by atoms with Crippen LogP contribution in [0.1, 0.15) is 38.3 Å². The number of halogens is 1. The van der Waals surface area contributed by atoms with Gasteiger partial charge in [0.1, 0.15) is 6.26 Å². The van der Waals surface area contributed by atoms with Crippen molar-refractivity contribution >= 4 is 17.6 Å². The largest absolute Gasteiger partial charge is 0.432 e. The molecule has 0 bridgehead atoms. The first-order valence-electron chi connectivity index (χ1n) is 5.62. The molecule has 0 N–H and O–H groups in total. The topological polar surface area (TPSA) is 29.3 Å². The van der Waals surface area contributed by atoms with E-state index < -0.39 is 0 Å². The van der Waals surface area contributed by atoms with Gasteiger partial charge in [-0.15, -0.1) is 11.6 Å². The van der Waals surface area contributed by atoms with Gasteiger partial charge in [-0.05, 0) is 25.7 Å². The third-order valence-electron chi connectivity index (χ3n) is 3.02. The molecule has 4 heteroatoms. The Labute approximate surface area is 95.4 Å². The number of alkyl halides is 1. The molecule has 0 aromatic carbocycles. The Morgan fingerprint density at radius 1 is 1.60 bits per heavy atom. The van der Waals surface area contributed by atoms with Crippen molar-refractivity contribution in [2.75, 3.05) is 11.4 Å². The Morgan fingerprint density at radius 2 is 2.47 bits per heavy atom. The third-order valence-corrected chi connectivity index (χ3v) is 3.29. The van der Waals surface area contributed by atoms with Crippen LogP contribution in [0.4, 0.5) is 6.01 Å². The second-order valence-corrected chi connectivity index (χ2v) is 4.27. The molecule has 2 rings (SSSR count). The number of rotatable bonds is 3. The number of anilines is 1. The van der Waals surface area contributed by atoms with Gasteiger partial charge in [0.05, 0.1) is 11.6 Å². The molecule has 3 nitrogen and oxygen atoms in total. The maximum absolute atomic E-state index is 5.71. The smallest absolute Gasteiger partial charge is 0.297 e. The Hall–Kier alpha value is -0.700. The summed E-state index contributed by atoms with van der Waals surface area (Å²) in [4.78, 5) is 6.66. The van der Waals surface area contributed by atoms with Crippen LogP contribution in [0, 0.1) is 0 Å². The van der Waals surface area contributed by atoms with Crippen LogP contribution in [0.25, 0.3) is 0 Å². The molecule has 1 saturated heterocycles.